The van der Waals surface area contributed by atoms with Crippen LogP contribution >= 0.6 is 0 Å². The van der Waals surface area contributed by atoms with Crippen LogP contribution in [0.15, 0.2) is 36.5 Å². The third kappa shape index (κ3) is 4.78. The van der Waals surface area contributed by atoms with E-state index in [4.69, 9.17) is 4.74 Å². The molecule has 0 spiro atoms. The Bertz CT molecular complexity index is 636. The van der Waals surface area contributed by atoms with E-state index in [1.54, 1.807) is 19.2 Å². The largest absolute Gasteiger partial charge is 0.385 e. The van der Waals surface area contributed by atoms with Gasteiger partial charge in [-0.15, -0.1) is 0 Å². The second-order valence-electron chi connectivity index (χ2n) is 4.50. The van der Waals surface area contributed by atoms with Gasteiger partial charge in [0.25, 0.3) is 5.91 Å². The number of carbonyl (C=O) groups is 1. The maximum absolute atomic E-state index is 13.1. The quantitative estimate of drug-likeness (QED) is 0.766. The number of hydrogen-bond acceptors (Lipinski definition) is 5. The number of ether oxygens (including phenoxy) is 1. The molecule has 22 heavy (non-hydrogen) atoms. The zero-order valence-electron chi connectivity index (χ0n) is 12.2. The van der Waals surface area contributed by atoms with Gasteiger partial charge in [0.2, 0.25) is 5.95 Å². The summed E-state index contributed by atoms with van der Waals surface area (Å²) in [6.07, 6.45) is 2.19. The summed E-state index contributed by atoms with van der Waals surface area (Å²) in [6, 6.07) is 7.44. The first-order valence-electron chi connectivity index (χ1n) is 6.82. The summed E-state index contributed by atoms with van der Waals surface area (Å²) in [5, 5.41) is 5.59. The molecule has 6 nitrogen and oxygen atoms in total. The third-order valence-electron chi connectivity index (χ3n) is 2.78. The Morgan fingerprint density at radius 2 is 2.23 bits per heavy atom. The minimum Gasteiger partial charge on any atom is -0.385 e. The lowest BCUT2D eigenvalue weighted by Crippen LogP contribution is -2.26. The summed E-state index contributed by atoms with van der Waals surface area (Å²) in [6.45, 7) is 1.08. The topological polar surface area (TPSA) is 76.1 Å². The van der Waals surface area contributed by atoms with E-state index in [1.807, 2.05) is 0 Å². The first-order chi connectivity index (χ1) is 10.7. The second kappa shape index (κ2) is 8.04. The molecule has 0 saturated carbocycles. The molecule has 0 fully saturated rings. The van der Waals surface area contributed by atoms with Gasteiger partial charge >= 0.3 is 0 Å². The van der Waals surface area contributed by atoms with Gasteiger partial charge in [0.1, 0.15) is 11.5 Å². The Kier molecular flexibility index (Phi) is 5.79. The smallest absolute Gasteiger partial charge is 0.270 e. The highest BCUT2D eigenvalue weighted by atomic mass is 19.1. The van der Waals surface area contributed by atoms with E-state index in [0.29, 0.717) is 18.8 Å². The SMILES string of the molecule is COCCCNC(=O)c1ccnc(Nc2cccc(F)c2)n1. The molecule has 1 amide bonds. The predicted molar refractivity (Wildman–Crippen MR) is 80.5 cm³/mol. The van der Waals surface area contributed by atoms with Crippen LogP contribution in [0.25, 0.3) is 0 Å². The molecule has 0 bridgehead atoms. The highest BCUT2D eigenvalue weighted by Gasteiger charge is 2.08. The number of benzene rings is 1. The van der Waals surface area contributed by atoms with E-state index in [9.17, 15) is 9.18 Å². The van der Waals surface area contributed by atoms with Gasteiger partial charge in [-0.25, -0.2) is 14.4 Å². The molecule has 0 saturated heterocycles. The molecule has 0 unspecified atom stereocenters. The van der Waals surface area contributed by atoms with Gasteiger partial charge < -0.3 is 15.4 Å². The standard InChI is InChI=1S/C15H17FN4O2/c1-22-9-3-7-17-14(21)13-6-8-18-15(20-13)19-12-5-2-4-11(16)10-12/h2,4-6,8,10H,3,7,9H2,1H3,(H,17,21)(H,18,19,20). The molecule has 0 radical (unpaired) electrons. The zero-order valence-corrected chi connectivity index (χ0v) is 12.2. The molecule has 116 valence electrons. The average Bonchev–Trinajstić information content (AvgIpc) is 2.52. The number of carbonyl (C=O) groups excluding carboxylic acids is 1. The average molecular weight is 304 g/mol. The summed E-state index contributed by atoms with van der Waals surface area (Å²) in [5.41, 5.74) is 0.754. The van der Waals surface area contributed by atoms with E-state index in [2.05, 4.69) is 20.6 Å². The number of aromatic nitrogens is 2. The molecule has 1 heterocycles. The molecule has 1 aromatic heterocycles. The van der Waals surface area contributed by atoms with Crippen LogP contribution in [0.3, 0.4) is 0 Å². The van der Waals surface area contributed by atoms with Crippen LogP contribution < -0.4 is 10.6 Å². The van der Waals surface area contributed by atoms with Gasteiger partial charge in [0.15, 0.2) is 0 Å². The summed E-state index contributed by atoms with van der Waals surface area (Å²) < 4.78 is 18.0. The van der Waals surface area contributed by atoms with E-state index < -0.39 is 0 Å². The van der Waals surface area contributed by atoms with E-state index in [-0.39, 0.29) is 23.4 Å². The van der Waals surface area contributed by atoms with Crippen molar-refractivity contribution < 1.29 is 13.9 Å². The summed E-state index contributed by atoms with van der Waals surface area (Å²) in [4.78, 5) is 20.1. The fraction of sp³-hybridized carbons (Fsp3) is 0.267. The number of halogens is 1. The molecule has 0 aliphatic carbocycles. The normalized spacial score (nSPS) is 10.3. The summed E-state index contributed by atoms with van der Waals surface area (Å²) >= 11 is 0. The third-order valence-corrected chi connectivity index (χ3v) is 2.78. The maximum atomic E-state index is 13.1. The molecule has 2 N–H and O–H groups in total. The van der Waals surface area contributed by atoms with Gasteiger partial charge in [0.05, 0.1) is 0 Å². The Labute approximate surface area is 127 Å². The summed E-state index contributed by atoms with van der Waals surface area (Å²) in [7, 11) is 1.61. The van der Waals surface area contributed by atoms with Crippen molar-refractivity contribution in [1.29, 1.82) is 0 Å². The van der Waals surface area contributed by atoms with Gasteiger partial charge in [-0.3, -0.25) is 4.79 Å². The Morgan fingerprint density at radius 3 is 3.00 bits per heavy atom. The van der Waals surface area contributed by atoms with Crippen molar-refractivity contribution in [3.63, 3.8) is 0 Å². The van der Waals surface area contributed by atoms with Crippen molar-refractivity contribution in [2.75, 3.05) is 25.6 Å². The number of anilines is 2. The first-order valence-corrected chi connectivity index (χ1v) is 6.82. The van der Waals surface area contributed by atoms with Crippen molar-refractivity contribution in [2.45, 2.75) is 6.42 Å². The minimum atomic E-state index is -0.364. The van der Waals surface area contributed by atoms with Crippen LogP contribution in [0.4, 0.5) is 16.0 Å². The zero-order chi connectivity index (χ0) is 15.8. The Balaban J connectivity index is 1.98. The number of nitrogens with one attached hydrogen (secondary N) is 2. The Hall–Kier alpha value is -2.54. The first kappa shape index (κ1) is 15.8. The predicted octanol–water partition coefficient (Wildman–Crippen LogP) is 2.13. The van der Waals surface area contributed by atoms with Crippen LogP contribution in [0.1, 0.15) is 16.9 Å². The lowest BCUT2D eigenvalue weighted by Gasteiger charge is -2.07. The molecule has 7 heteroatoms. The highest BCUT2D eigenvalue weighted by molar-refractivity contribution is 5.92. The van der Waals surface area contributed by atoms with E-state index in [0.717, 1.165) is 6.42 Å². The van der Waals surface area contributed by atoms with Crippen LogP contribution in [-0.2, 0) is 4.74 Å². The van der Waals surface area contributed by atoms with Crippen molar-refractivity contribution in [3.8, 4) is 0 Å². The number of hydrogen-bond donors (Lipinski definition) is 2. The fourth-order valence-corrected chi connectivity index (χ4v) is 1.75. The Morgan fingerprint density at radius 1 is 1.36 bits per heavy atom. The van der Waals surface area contributed by atoms with E-state index >= 15 is 0 Å². The van der Waals surface area contributed by atoms with Crippen LogP contribution in [0, 0.1) is 5.82 Å². The lowest BCUT2D eigenvalue weighted by molar-refractivity contribution is 0.0943. The van der Waals surface area contributed by atoms with Crippen LogP contribution in [0.2, 0.25) is 0 Å². The van der Waals surface area contributed by atoms with Crippen LogP contribution in [-0.4, -0.2) is 36.1 Å². The highest BCUT2D eigenvalue weighted by Crippen LogP contribution is 2.13. The summed E-state index contributed by atoms with van der Waals surface area (Å²) in [5.74, 6) is -0.423. The number of nitrogens with zero attached hydrogens (tertiary/aromatic N) is 2. The molecular weight excluding hydrogens is 287 g/mol. The molecule has 0 aliphatic rings. The second-order valence-corrected chi connectivity index (χ2v) is 4.50. The number of amides is 1. The van der Waals surface area contributed by atoms with Crippen molar-refractivity contribution in [3.05, 3.63) is 48.0 Å². The van der Waals surface area contributed by atoms with E-state index in [1.165, 1.54) is 24.4 Å². The number of rotatable bonds is 7. The van der Waals surface area contributed by atoms with Gasteiger partial charge in [0, 0.05) is 32.1 Å². The molecule has 2 aromatic rings. The maximum Gasteiger partial charge on any atom is 0.270 e. The van der Waals surface area contributed by atoms with Crippen molar-refractivity contribution in [1.82, 2.24) is 15.3 Å². The van der Waals surface area contributed by atoms with Gasteiger partial charge in [-0.2, -0.15) is 0 Å². The lowest BCUT2D eigenvalue weighted by atomic mass is 10.3. The molecule has 2 rings (SSSR count). The van der Waals surface area contributed by atoms with Crippen LogP contribution in [0.5, 0.6) is 0 Å². The molecule has 1 aromatic carbocycles. The van der Waals surface area contributed by atoms with Crippen molar-refractivity contribution >= 4 is 17.5 Å². The van der Waals surface area contributed by atoms with Gasteiger partial charge in [-0.05, 0) is 30.7 Å². The minimum absolute atomic E-state index is 0.232. The fourth-order valence-electron chi connectivity index (χ4n) is 1.75. The molecular formula is C15H17FN4O2. The number of methoxy groups -OCH3 is 1. The van der Waals surface area contributed by atoms with Gasteiger partial charge in [-0.1, -0.05) is 6.07 Å². The molecule has 0 atom stereocenters. The van der Waals surface area contributed by atoms with Crippen molar-refractivity contribution in [2.24, 2.45) is 0 Å². The molecule has 0 aliphatic heterocycles. The monoisotopic (exact) mass is 304 g/mol.